The second-order valence-corrected chi connectivity index (χ2v) is 7.56. The van der Waals surface area contributed by atoms with Gasteiger partial charge in [-0.25, -0.2) is 26.7 Å². The Balaban J connectivity index is 2.33. The molecule has 0 spiro atoms. The Labute approximate surface area is 116 Å². The first kappa shape index (κ1) is 14.9. The lowest BCUT2D eigenvalue weighted by molar-refractivity contribution is 0.582. The molecule has 0 bridgehead atoms. The van der Waals surface area contributed by atoms with Crippen molar-refractivity contribution in [3.8, 4) is 0 Å². The quantitative estimate of drug-likeness (QED) is 0.792. The van der Waals surface area contributed by atoms with Crippen LogP contribution in [0, 0.1) is 0 Å². The second-order valence-electron chi connectivity index (χ2n) is 4.09. The predicted molar refractivity (Wildman–Crippen MR) is 74.9 cm³/mol. The van der Waals surface area contributed by atoms with Crippen molar-refractivity contribution < 1.29 is 16.8 Å². The maximum atomic E-state index is 12.2. The van der Waals surface area contributed by atoms with Gasteiger partial charge in [-0.1, -0.05) is 6.07 Å². The van der Waals surface area contributed by atoms with Crippen LogP contribution < -0.4 is 9.86 Å². The number of benzene rings is 1. The smallest absolute Gasteiger partial charge is 0.241 e. The lowest BCUT2D eigenvalue weighted by Gasteiger charge is -2.08. The molecule has 108 valence electrons. The summed E-state index contributed by atoms with van der Waals surface area (Å²) < 4.78 is 48.1. The third-order valence-corrected chi connectivity index (χ3v) is 4.87. The van der Waals surface area contributed by atoms with Gasteiger partial charge in [0.15, 0.2) is 0 Å². The van der Waals surface area contributed by atoms with Crippen LogP contribution in [0.2, 0.25) is 0 Å². The molecule has 2 aromatic rings. The summed E-state index contributed by atoms with van der Waals surface area (Å²) >= 11 is 0. The third-order valence-electron chi connectivity index (χ3n) is 2.57. The van der Waals surface area contributed by atoms with Gasteiger partial charge in [-0.15, -0.1) is 0 Å². The van der Waals surface area contributed by atoms with Crippen LogP contribution in [0.15, 0.2) is 41.4 Å². The molecule has 0 saturated carbocycles. The number of nitrogens with two attached hydrogens (primary N) is 1. The van der Waals surface area contributed by atoms with Crippen LogP contribution in [0.4, 0.5) is 0 Å². The SMILES string of the molecule is NS(=O)(=O)CCNS(=O)(=O)c1cccc2ncccc12. The minimum atomic E-state index is -3.82. The van der Waals surface area contributed by atoms with Gasteiger partial charge in [0, 0.05) is 18.1 Å². The highest BCUT2D eigenvalue weighted by Gasteiger charge is 2.17. The van der Waals surface area contributed by atoms with Crippen molar-refractivity contribution in [3.05, 3.63) is 36.5 Å². The fourth-order valence-electron chi connectivity index (χ4n) is 1.71. The molecule has 1 heterocycles. The van der Waals surface area contributed by atoms with Crippen LogP contribution >= 0.6 is 0 Å². The van der Waals surface area contributed by atoms with Crippen LogP contribution in [-0.4, -0.2) is 34.1 Å². The summed E-state index contributed by atoms with van der Waals surface area (Å²) in [6, 6.07) is 7.97. The third kappa shape index (κ3) is 3.51. The Morgan fingerprint density at radius 2 is 1.85 bits per heavy atom. The molecular weight excluding hydrogens is 302 g/mol. The second kappa shape index (κ2) is 5.44. The lowest BCUT2D eigenvalue weighted by atomic mass is 10.2. The highest BCUT2D eigenvalue weighted by Crippen LogP contribution is 2.20. The normalized spacial score (nSPS) is 12.7. The summed E-state index contributed by atoms with van der Waals surface area (Å²) in [5.41, 5.74) is 0.543. The zero-order valence-corrected chi connectivity index (χ0v) is 12.0. The largest absolute Gasteiger partial charge is 0.256 e. The zero-order valence-electron chi connectivity index (χ0n) is 10.4. The summed E-state index contributed by atoms with van der Waals surface area (Å²) in [4.78, 5) is 4.12. The van der Waals surface area contributed by atoms with E-state index in [0.29, 0.717) is 10.9 Å². The number of hydrogen-bond acceptors (Lipinski definition) is 5. The number of fused-ring (bicyclic) bond motifs is 1. The van der Waals surface area contributed by atoms with Crippen molar-refractivity contribution in [2.24, 2.45) is 5.14 Å². The van der Waals surface area contributed by atoms with E-state index in [1.165, 1.54) is 6.07 Å². The summed E-state index contributed by atoms with van der Waals surface area (Å²) in [6.07, 6.45) is 1.56. The molecule has 0 atom stereocenters. The highest BCUT2D eigenvalue weighted by atomic mass is 32.2. The molecule has 2 rings (SSSR count). The molecular formula is C11H13N3O4S2. The van der Waals surface area contributed by atoms with Crippen molar-refractivity contribution in [2.45, 2.75) is 4.90 Å². The van der Waals surface area contributed by atoms with E-state index in [1.54, 1.807) is 30.5 Å². The van der Waals surface area contributed by atoms with E-state index in [-0.39, 0.29) is 11.4 Å². The number of primary sulfonamides is 1. The Bertz CT molecular complexity index is 826. The van der Waals surface area contributed by atoms with E-state index in [4.69, 9.17) is 5.14 Å². The fraction of sp³-hybridized carbons (Fsp3) is 0.182. The minimum Gasteiger partial charge on any atom is -0.256 e. The van der Waals surface area contributed by atoms with Gasteiger partial charge in [-0.3, -0.25) is 4.98 Å². The van der Waals surface area contributed by atoms with Gasteiger partial charge < -0.3 is 0 Å². The number of hydrogen-bond donors (Lipinski definition) is 2. The monoisotopic (exact) mass is 315 g/mol. The molecule has 3 N–H and O–H groups in total. The van der Waals surface area contributed by atoms with Gasteiger partial charge in [0.1, 0.15) is 0 Å². The molecule has 0 fully saturated rings. The molecule has 9 heteroatoms. The van der Waals surface area contributed by atoms with E-state index in [9.17, 15) is 16.8 Å². The number of nitrogens with one attached hydrogen (secondary N) is 1. The summed E-state index contributed by atoms with van der Waals surface area (Å²) in [5, 5.41) is 5.29. The molecule has 1 aromatic carbocycles. The van der Waals surface area contributed by atoms with E-state index >= 15 is 0 Å². The summed E-state index contributed by atoms with van der Waals surface area (Å²) in [5.74, 6) is -0.463. The Kier molecular flexibility index (Phi) is 4.04. The predicted octanol–water partition coefficient (Wildman–Crippen LogP) is -0.198. The summed E-state index contributed by atoms with van der Waals surface area (Å²) in [7, 11) is -7.53. The van der Waals surface area contributed by atoms with Gasteiger partial charge in [0.25, 0.3) is 0 Å². The molecule has 0 aliphatic carbocycles. The zero-order chi connectivity index (χ0) is 14.8. The van der Waals surface area contributed by atoms with Crippen molar-refractivity contribution >= 4 is 30.9 Å². The number of rotatable bonds is 5. The molecule has 1 aromatic heterocycles. The summed E-state index contributed by atoms with van der Waals surface area (Å²) in [6.45, 7) is -0.280. The van der Waals surface area contributed by atoms with Crippen molar-refractivity contribution in [3.63, 3.8) is 0 Å². The average molecular weight is 315 g/mol. The average Bonchev–Trinajstić information content (AvgIpc) is 2.36. The molecule has 0 amide bonds. The number of pyridine rings is 1. The van der Waals surface area contributed by atoms with Crippen molar-refractivity contribution in [1.29, 1.82) is 0 Å². The molecule has 0 aliphatic heterocycles. The highest BCUT2D eigenvalue weighted by molar-refractivity contribution is 7.90. The first-order chi connectivity index (χ1) is 9.30. The van der Waals surface area contributed by atoms with Crippen LogP contribution in [0.3, 0.4) is 0 Å². The Morgan fingerprint density at radius 1 is 1.10 bits per heavy atom. The number of nitrogens with zero attached hydrogens (tertiary/aromatic N) is 1. The number of aromatic nitrogens is 1. The molecule has 7 nitrogen and oxygen atoms in total. The van der Waals surface area contributed by atoms with Gasteiger partial charge in [-0.2, -0.15) is 0 Å². The van der Waals surface area contributed by atoms with Crippen molar-refractivity contribution in [1.82, 2.24) is 9.71 Å². The fourth-order valence-corrected chi connectivity index (χ4v) is 3.47. The first-order valence-corrected chi connectivity index (χ1v) is 8.83. The van der Waals surface area contributed by atoms with Crippen molar-refractivity contribution in [2.75, 3.05) is 12.3 Å². The lowest BCUT2D eigenvalue weighted by Crippen LogP contribution is -2.31. The van der Waals surface area contributed by atoms with E-state index in [0.717, 1.165) is 0 Å². The molecule has 0 radical (unpaired) electrons. The standard InChI is InChI=1S/C11H13N3O4S2/c12-19(15,16)8-7-14-20(17,18)11-5-1-4-10-9(11)3-2-6-13-10/h1-6,14H,7-8H2,(H2,12,15,16). The van der Waals surface area contributed by atoms with E-state index < -0.39 is 25.8 Å². The maximum absolute atomic E-state index is 12.2. The number of sulfonamides is 2. The van der Waals surface area contributed by atoms with Gasteiger partial charge in [0.2, 0.25) is 20.0 Å². The first-order valence-electron chi connectivity index (χ1n) is 5.63. The van der Waals surface area contributed by atoms with Gasteiger partial charge in [-0.05, 0) is 24.3 Å². The van der Waals surface area contributed by atoms with Gasteiger partial charge >= 0.3 is 0 Å². The van der Waals surface area contributed by atoms with Crippen LogP contribution in [0.1, 0.15) is 0 Å². The topological polar surface area (TPSA) is 119 Å². The van der Waals surface area contributed by atoms with Crippen LogP contribution in [-0.2, 0) is 20.0 Å². The van der Waals surface area contributed by atoms with Crippen LogP contribution in [0.25, 0.3) is 10.9 Å². The van der Waals surface area contributed by atoms with E-state index in [1.807, 2.05) is 0 Å². The van der Waals surface area contributed by atoms with Crippen LogP contribution in [0.5, 0.6) is 0 Å². The maximum Gasteiger partial charge on any atom is 0.241 e. The van der Waals surface area contributed by atoms with E-state index in [2.05, 4.69) is 9.71 Å². The Hall–Kier alpha value is -1.55. The molecule has 0 unspecified atom stereocenters. The minimum absolute atomic E-state index is 0.0533. The Morgan fingerprint density at radius 3 is 2.55 bits per heavy atom. The molecule has 0 saturated heterocycles. The molecule has 20 heavy (non-hydrogen) atoms. The molecule has 0 aliphatic rings. The van der Waals surface area contributed by atoms with Gasteiger partial charge in [0.05, 0.1) is 16.2 Å².